The van der Waals surface area contributed by atoms with Crippen LogP contribution >= 0.6 is 0 Å². The Morgan fingerprint density at radius 1 is 1.26 bits per heavy atom. The van der Waals surface area contributed by atoms with Crippen molar-refractivity contribution in [2.24, 2.45) is 11.3 Å². The number of carbonyl (C=O) groups is 1. The first-order chi connectivity index (χ1) is 8.65. The van der Waals surface area contributed by atoms with E-state index in [-0.39, 0.29) is 23.7 Å². The third kappa shape index (κ3) is 5.13. The van der Waals surface area contributed by atoms with E-state index in [9.17, 15) is 13.2 Å². The lowest BCUT2D eigenvalue weighted by Crippen LogP contribution is -2.38. The number of sulfone groups is 1. The minimum absolute atomic E-state index is 0.0413. The van der Waals surface area contributed by atoms with Crippen molar-refractivity contribution in [2.45, 2.75) is 59.0 Å². The normalized spacial score (nSPS) is 25.1. The van der Waals surface area contributed by atoms with Gasteiger partial charge in [-0.2, -0.15) is 0 Å². The summed E-state index contributed by atoms with van der Waals surface area (Å²) < 4.78 is 28.5. The highest BCUT2D eigenvalue weighted by Gasteiger charge is 2.35. The number of esters is 1. The highest BCUT2D eigenvalue weighted by molar-refractivity contribution is 7.90. The summed E-state index contributed by atoms with van der Waals surface area (Å²) in [5, 5.41) is 0. The average molecular weight is 290 g/mol. The van der Waals surface area contributed by atoms with E-state index in [2.05, 4.69) is 0 Å². The maximum atomic E-state index is 12.1. The van der Waals surface area contributed by atoms with E-state index in [0.717, 1.165) is 32.1 Å². The van der Waals surface area contributed by atoms with Gasteiger partial charge in [0.15, 0.2) is 0 Å². The SMILES string of the molecule is CCC(C)(C)C(=O)OC1CCCCC1CS(C)(=O)=O. The standard InChI is InChI=1S/C14H26O4S/c1-5-14(2,3)13(15)18-12-9-7-6-8-11(12)10-19(4,16)17/h11-12H,5-10H2,1-4H3. The first kappa shape index (κ1) is 16.5. The molecule has 0 amide bonds. The van der Waals surface area contributed by atoms with Crippen molar-refractivity contribution in [1.29, 1.82) is 0 Å². The van der Waals surface area contributed by atoms with Crippen molar-refractivity contribution >= 4 is 15.8 Å². The highest BCUT2D eigenvalue weighted by atomic mass is 32.2. The number of carbonyl (C=O) groups excluding carboxylic acids is 1. The van der Waals surface area contributed by atoms with Crippen molar-refractivity contribution in [2.75, 3.05) is 12.0 Å². The molecule has 0 radical (unpaired) electrons. The first-order valence-corrected chi connectivity index (χ1v) is 9.10. The Morgan fingerprint density at radius 3 is 2.37 bits per heavy atom. The summed E-state index contributed by atoms with van der Waals surface area (Å²) in [6.45, 7) is 5.68. The lowest BCUT2D eigenvalue weighted by atomic mass is 9.86. The first-order valence-electron chi connectivity index (χ1n) is 7.04. The van der Waals surface area contributed by atoms with Crippen molar-refractivity contribution in [3.8, 4) is 0 Å². The molecule has 112 valence electrons. The molecule has 1 aliphatic carbocycles. The van der Waals surface area contributed by atoms with E-state index < -0.39 is 15.3 Å². The Labute approximate surface area is 116 Å². The molecule has 1 saturated carbocycles. The molecule has 0 N–H and O–H groups in total. The zero-order chi connectivity index (χ0) is 14.7. The number of ether oxygens (including phenoxy) is 1. The number of hydrogen-bond acceptors (Lipinski definition) is 4. The highest BCUT2D eigenvalue weighted by Crippen LogP contribution is 2.31. The molecule has 0 aromatic heterocycles. The molecule has 4 nitrogen and oxygen atoms in total. The number of hydrogen-bond donors (Lipinski definition) is 0. The third-order valence-corrected chi connectivity index (χ3v) is 5.08. The predicted octanol–water partition coefficient (Wildman–Crippen LogP) is 2.57. The van der Waals surface area contributed by atoms with Crippen LogP contribution in [0.25, 0.3) is 0 Å². The summed E-state index contributed by atoms with van der Waals surface area (Å²) in [6, 6.07) is 0. The van der Waals surface area contributed by atoms with Gasteiger partial charge in [0.25, 0.3) is 0 Å². The van der Waals surface area contributed by atoms with Gasteiger partial charge in [-0.1, -0.05) is 13.3 Å². The summed E-state index contributed by atoms with van der Waals surface area (Å²) in [7, 11) is -3.02. The molecule has 0 aromatic carbocycles. The monoisotopic (exact) mass is 290 g/mol. The smallest absolute Gasteiger partial charge is 0.311 e. The summed E-state index contributed by atoms with van der Waals surface area (Å²) in [6.07, 6.45) is 5.37. The topological polar surface area (TPSA) is 60.4 Å². The van der Waals surface area contributed by atoms with Gasteiger partial charge in [0.05, 0.1) is 11.2 Å². The van der Waals surface area contributed by atoms with Gasteiger partial charge in [-0.3, -0.25) is 4.79 Å². The fourth-order valence-electron chi connectivity index (χ4n) is 2.35. The number of rotatable bonds is 5. The Bertz CT molecular complexity index is 411. The summed E-state index contributed by atoms with van der Waals surface area (Å²) in [4.78, 5) is 12.1. The molecule has 0 aromatic rings. The second kappa shape index (κ2) is 6.25. The Morgan fingerprint density at radius 2 is 1.84 bits per heavy atom. The molecular weight excluding hydrogens is 264 g/mol. The Balaban J connectivity index is 2.70. The van der Waals surface area contributed by atoms with Gasteiger partial charge in [0.1, 0.15) is 15.9 Å². The third-order valence-electron chi connectivity index (χ3n) is 4.05. The lowest BCUT2D eigenvalue weighted by molar-refractivity contribution is -0.163. The van der Waals surface area contributed by atoms with Crippen molar-refractivity contribution < 1.29 is 17.9 Å². The van der Waals surface area contributed by atoms with Crippen LogP contribution in [-0.2, 0) is 19.4 Å². The zero-order valence-corrected chi connectivity index (χ0v) is 13.3. The van der Waals surface area contributed by atoms with Gasteiger partial charge in [-0.25, -0.2) is 8.42 Å². The molecule has 2 atom stereocenters. The van der Waals surface area contributed by atoms with Gasteiger partial charge < -0.3 is 4.74 Å². The molecule has 0 heterocycles. The van der Waals surface area contributed by atoms with E-state index in [1.807, 2.05) is 20.8 Å². The van der Waals surface area contributed by atoms with Crippen LogP contribution in [0.3, 0.4) is 0 Å². The van der Waals surface area contributed by atoms with Gasteiger partial charge in [0.2, 0.25) is 0 Å². The maximum Gasteiger partial charge on any atom is 0.311 e. The minimum Gasteiger partial charge on any atom is -0.462 e. The molecule has 5 heteroatoms. The van der Waals surface area contributed by atoms with Crippen molar-refractivity contribution in [1.82, 2.24) is 0 Å². The van der Waals surface area contributed by atoms with Crippen LogP contribution in [0.4, 0.5) is 0 Å². The summed E-state index contributed by atoms with van der Waals surface area (Å²) >= 11 is 0. The lowest BCUT2D eigenvalue weighted by Gasteiger charge is -2.33. The van der Waals surface area contributed by atoms with Crippen LogP contribution < -0.4 is 0 Å². The molecule has 0 aliphatic heterocycles. The fraction of sp³-hybridized carbons (Fsp3) is 0.929. The molecular formula is C14H26O4S. The van der Waals surface area contributed by atoms with Crippen LogP contribution in [-0.4, -0.2) is 32.5 Å². The minimum atomic E-state index is -3.02. The second-order valence-corrected chi connectivity index (χ2v) is 8.50. The van der Waals surface area contributed by atoms with Gasteiger partial charge in [-0.15, -0.1) is 0 Å². The quantitative estimate of drug-likeness (QED) is 0.730. The van der Waals surface area contributed by atoms with Crippen LogP contribution in [0, 0.1) is 11.3 Å². The van der Waals surface area contributed by atoms with Crippen LogP contribution in [0.5, 0.6) is 0 Å². The molecule has 2 unspecified atom stereocenters. The molecule has 1 rings (SSSR count). The van der Waals surface area contributed by atoms with E-state index >= 15 is 0 Å². The molecule has 19 heavy (non-hydrogen) atoms. The van der Waals surface area contributed by atoms with Gasteiger partial charge in [0, 0.05) is 12.2 Å². The Kier molecular flexibility index (Phi) is 5.42. The van der Waals surface area contributed by atoms with E-state index in [1.54, 1.807) is 0 Å². The Hall–Kier alpha value is -0.580. The zero-order valence-electron chi connectivity index (χ0n) is 12.4. The molecule has 1 fully saturated rings. The van der Waals surface area contributed by atoms with E-state index in [4.69, 9.17) is 4.74 Å². The van der Waals surface area contributed by atoms with Crippen molar-refractivity contribution in [3.05, 3.63) is 0 Å². The second-order valence-electron chi connectivity index (χ2n) is 6.32. The van der Waals surface area contributed by atoms with Crippen LogP contribution in [0.2, 0.25) is 0 Å². The van der Waals surface area contributed by atoms with Crippen molar-refractivity contribution in [3.63, 3.8) is 0 Å². The van der Waals surface area contributed by atoms with E-state index in [1.165, 1.54) is 6.26 Å². The summed E-state index contributed by atoms with van der Waals surface area (Å²) in [5.41, 5.74) is -0.493. The maximum absolute atomic E-state index is 12.1. The van der Waals surface area contributed by atoms with Crippen LogP contribution in [0.15, 0.2) is 0 Å². The molecule has 0 bridgehead atoms. The predicted molar refractivity (Wildman–Crippen MR) is 75.6 cm³/mol. The molecule has 1 aliphatic rings. The van der Waals surface area contributed by atoms with Gasteiger partial charge in [-0.05, 0) is 39.5 Å². The summed E-state index contributed by atoms with van der Waals surface area (Å²) in [5.74, 6) is -0.127. The van der Waals surface area contributed by atoms with E-state index in [0.29, 0.717) is 0 Å². The largest absolute Gasteiger partial charge is 0.462 e. The fourth-order valence-corrected chi connectivity index (χ4v) is 3.51. The van der Waals surface area contributed by atoms with Crippen LogP contribution in [0.1, 0.15) is 52.9 Å². The van der Waals surface area contributed by atoms with Gasteiger partial charge >= 0.3 is 5.97 Å². The molecule has 0 spiro atoms. The molecule has 0 saturated heterocycles. The average Bonchev–Trinajstić information content (AvgIpc) is 2.29.